The van der Waals surface area contributed by atoms with E-state index in [0.29, 0.717) is 18.8 Å². The first-order valence-electron chi connectivity index (χ1n) is 5.34. The summed E-state index contributed by atoms with van der Waals surface area (Å²) in [6.07, 6.45) is 0.678. The Hall–Kier alpha value is -1.72. The Labute approximate surface area is 95.2 Å². The van der Waals surface area contributed by atoms with E-state index in [9.17, 15) is 4.79 Å². The van der Waals surface area contributed by atoms with E-state index < -0.39 is 0 Å². The van der Waals surface area contributed by atoms with Crippen molar-refractivity contribution < 1.29 is 4.79 Å². The van der Waals surface area contributed by atoms with Crippen LogP contribution in [-0.4, -0.2) is 29.4 Å². The SMILES string of the molecule is CNC(=O)NCCc1cc(N)n(C(C)C)n1. The molecule has 6 heteroatoms. The van der Waals surface area contributed by atoms with E-state index in [0.717, 1.165) is 5.69 Å². The van der Waals surface area contributed by atoms with Gasteiger partial charge in [-0.25, -0.2) is 9.48 Å². The summed E-state index contributed by atoms with van der Waals surface area (Å²) in [6, 6.07) is 1.91. The Bertz CT molecular complexity index is 358. The summed E-state index contributed by atoms with van der Waals surface area (Å²) >= 11 is 0. The smallest absolute Gasteiger partial charge is 0.314 e. The Morgan fingerprint density at radius 3 is 2.81 bits per heavy atom. The minimum atomic E-state index is -0.184. The minimum absolute atomic E-state index is 0.184. The number of hydrogen-bond acceptors (Lipinski definition) is 3. The number of anilines is 1. The molecule has 0 aromatic carbocycles. The molecule has 1 rings (SSSR count). The topological polar surface area (TPSA) is 85.0 Å². The number of urea groups is 1. The summed E-state index contributed by atoms with van der Waals surface area (Å²) < 4.78 is 1.77. The second-order valence-electron chi connectivity index (χ2n) is 3.85. The summed E-state index contributed by atoms with van der Waals surface area (Å²) in [6.45, 7) is 4.60. The number of rotatable bonds is 4. The van der Waals surface area contributed by atoms with Gasteiger partial charge >= 0.3 is 6.03 Å². The van der Waals surface area contributed by atoms with Crippen molar-refractivity contribution >= 4 is 11.8 Å². The molecule has 0 bridgehead atoms. The number of aromatic nitrogens is 2. The fourth-order valence-electron chi connectivity index (χ4n) is 1.39. The second-order valence-corrected chi connectivity index (χ2v) is 3.85. The quantitative estimate of drug-likeness (QED) is 0.698. The second kappa shape index (κ2) is 5.39. The zero-order valence-electron chi connectivity index (χ0n) is 9.95. The molecule has 0 aliphatic carbocycles. The summed E-state index contributed by atoms with van der Waals surface area (Å²) in [5.74, 6) is 0.657. The normalized spacial score (nSPS) is 10.5. The van der Waals surface area contributed by atoms with E-state index in [-0.39, 0.29) is 12.1 Å². The average Bonchev–Trinajstić information content (AvgIpc) is 2.59. The van der Waals surface area contributed by atoms with Crippen LogP contribution in [0.2, 0.25) is 0 Å². The van der Waals surface area contributed by atoms with E-state index in [1.807, 2.05) is 19.9 Å². The third-order valence-corrected chi connectivity index (χ3v) is 2.20. The molecule has 0 saturated heterocycles. The largest absolute Gasteiger partial charge is 0.384 e. The highest BCUT2D eigenvalue weighted by molar-refractivity contribution is 5.73. The molecule has 0 unspecified atom stereocenters. The predicted octanol–water partition coefficient (Wildman–Crippen LogP) is 0.518. The van der Waals surface area contributed by atoms with Crippen molar-refractivity contribution in [1.29, 1.82) is 0 Å². The van der Waals surface area contributed by atoms with Crippen molar-refractivity contribution in [3.8, 4) is 0 Å². The molecule has 6 nitrogen and oxygen atoms in total. The lowest BCUT2D eigenvalue weighted by atomic mass is 10.3. The Kier molecular flexibility index (Phi) is 4.16. The molecule has 0 spiro atoms. The van der Waals surface area contributed by atoms with Crippen molar-refractivity contribution in [2.75, 3.05) is 19.3 Å². The van der Waals surface area contributed by atoms with Crippen LogP contribution in [0.25, 0.3) is 0 Å². The van der Waals surface area contributed by atoms with Crippen molar-refractivity contribution in [2.45, 2.75) is 26.3 Å². The van der Waals surface area contributed by atoms with E-state index in [4.69, 9.17) is 5.73 Å². The maximum Gasteiger partial charge on any atom is 0.314 e. The van der Waals surface area contributed by atoms with Gasteiger partial charge in [0.25, 0.3) is 0 Å². The van der Waals surface area contributed by atoms with Crippen molar-refractivity contribution in [3.05, 3.63) is 11.8 Å². The molecule has 0 aliphatic rings. The lowest BCUT2D eigenvalue weighted by Gasteiger charge is -2.06. The van der Waals surface area contributed by atoms with Crippen LogP contribution in [0.15, 0.2) is 6.07 Å². The molecular weight excluding hydrogens is 206 g/mol. The van der Waals surface area contributed by atoms with Gasteiger partial charge in [0.2, 0.25) is 0 Å². The lowest BCUT2D eigenvalue weighted by Crippen LogP contribution is -2.34. The predicted molar refractivity (Wildman–Crippen MR) is 63.2 cm³/mol. The number of amides is 2. The number of hydrogen-bond donors (Lipinski definition) is 3. The highest BCUT2D eigenvalue weighted by Crippen LogP contribution is 2.12. The summed E-state index contributed by atoms with van der Waals surface area (Å²) in [4.78, 5) is 10.9. The molecule has 1 aromatic rings. The molecule has 90 valence electrons. The van der Waals surface area contributed by atoms with E-state index in [1.165, 1.54) is 0 Å². The molecule has 4 N–H and O–H groups in total. The molecule has 1 heterocycles. The van der Waals surface area contributed by atoms with Gasteiger partial charge < -0.3 is 16.4 Å². The Balaban J connectivity index is 2.49. The summed E-state index contributed by atoms with van der Waals surface area (Å²) in [5.41, 5.74) is 6.69. The fourth-order valence-corrected chi connectivity index (χ4v) is 1.39. The molecule has 0 saturated carbocycles. The van der Waals surface area contributed by atoms with Crippen molar-refractivity contribution in [3.63, 3.8) is 0 Å². The van der Waals surface area contributed by atoms with Gasteiger partial charge in [0, 0.05) is 32.1 Å². The van der Waals surface area contributed by atoms with Gasteiger partial charge in [-0.05, 0) is 13.8 Å². The Morgan fingerprint density at radius 1 is 1.62 bits per heavy atom. The van der Waals surface area contributed by atoms with Gasteiger partial charge in [-0.2, -0.15) is 5.10 Å². The molecular formula is C10H19N5O. The Morgan fingerprint density at radius 2 is 2.31 bits per heavy atom. The first kappa shape index (κ1) is 12.4. The maximum absolute atomic E-state index is 10.9. The molecule has 1 aromatic heterocycles. The minimum Gasteiger partial charge on any atom is -0.384 e. The first-order chi connectivity index (χ1) is 7.54. The van der Waals surface area contributed by atoms with Crippen LogP contribution >= 0.6 is 0 Å². The monoisotopic (exact) mass is 225 g/mol. The number of carbonyl (C=O) groups is 1. The number of carbonyl (C=O) groups excluding carboxylic acids is 1. The molecule has 0 radical (unpaired) electrons. The average molecular weight is 225 g/mol. The zero-order valence-corrected chi connectivity index (χ0v) is 9.95. The molecule has 16 heavy (non-hydrogen) atoms. The summed E-state index contributed by atoms with van der Waals surface area (Å²) in [5, 5.41) is 9.54. The zero-order chi connectivity index (χ0) is 12.1. The van der Waals surface area contributed by atoms with Crippen LogP contribution in [0.1, 0.15) is 25.6 Å². The van der Waals surface area contributed by atoms with Crippen LogP contribution < -0.4 is 16.4 Å². The fraction of sp³-hybridized carbons (Fsp3) is 0.600. The van der Waals surface area contributed by atoms with Crippen LogP contribution in [0, 0.1) is 0 Å². The van der Waals surface area contributed by atoms with E-state index in [2.05, 4.69) is 15.7 Å². The maximum atomic E-state index is 10.9. The molecule has 0 aliphatic heterocycles. The number of nitrogens with one attached hydrogen (secondary N) is 2. The van der Waals surface area contributed by atoms with E-state index in [1.54, 1.807) is 11.7 Å². The van der Waals surface area contributed by atoms with Crippen LogP contribution in [-0.2, 0) is 6.42 Å². The molecule has 2 amide bonds. The van der Waals surface area contributed by atoms with Gasteiger partial charge in [-0.15, -0.1) is 0 Å². The summed E-state index contributed by atoms with van der Waals surface area (Å²) in [7, 11) is 1.58. The molecule has 0 fully saturated rings. The van der Waals surface area contributed by atoms with Gasteiger partial charge in [0.15, 0.2) is 0 Å². The number of nitrogen functional groups attached to an aromatic ring is 1. The van der Waals surface area contributed by atoms with Crippen LogP contribution in [0.4, 0.5) is 10.6 Å². The van der Waals surface area contributed by atoms with Gasteiger partial charge in [-0.1, -0.05) is 0 Å². The van der Waals surface area contributed by atoms with Gasteiger partial charge in [-0.3, -0.25) is 0 Å². The first-order valence-corrected chi connectivity index (χ1v) is 5.34. The van der Waals surface area contributed by atoms with Gasteiger partial charge in [0.1, 0.15) is 5.82 Å². The lowest BCUT2D eigenvalue weighted by molar-refractivity contribution is 0.243. The number of nitrogens with zero attached hydrogens (tertiary/aromatic N) is 2. The third kappa shape index (κ3) is 3.15. The third-order valence-electron chi connectivity index (χ3n) is 2.20. The van der Waals surface area contributed by atoms with Crippen molar-refractivity contribution in [2.24, 2.45) is 0 Å². The van der Waals surface area contributed by atoms with Gasteiger partial charge in [0.05, 0.1) is 5.69 Å². The number of nitrogens with two attached hydrogens (primary N) is 1. The molecule has 0 atom stereocenters. The highest BCUT2D eigenvalue weighted by Gasteiger charge is 2.07. The van der Waals surface area contributed by atoms with Crippen LogP contribution in [0.5, 0.6) is 0 Å². The highest BCUT2D eigenvalue weighted by atomic mass is 16.2. The van der Waals surface area contributed by atoms with E-state index >= 15 is 0 Å². The van der Waals surface area contributed by atoms with Crippen LogP contribution in [0.3, 0.4) is 0 Å². The van der Waals surface area contributed by atoms with Crippen molar-refractivity contribution in [1.82, 2.24) is 20.4 Å². The standard InChI is InChI=1S/C10H19N5O/c1-7(2)15-9(11)6-8(14-15)4-5-13-10(16)12-3/h6-7H,4-5,11H2,1-3H3,(H2,12,13,16).